The van der Waals surface area contributed by atoms with Crippen LogP contribution in [0.4, 0.5) is 0 Å². The normalized spacial score (nSPS) is 19.4. The van der Waals surface area contributed by atoms with E-state index in [-0.39, 0.29) is 11.8 Å². The molecule has 2 N–H and O–H groups in total. The Morgan fingerprint density at radius 2 is 1.85 bits per heavy atom. The highest BCUT2D eigenvalue weighted by molar-refractivity contribution is 5.88. The number of amides is 1. The van der Waals surface area contributed by atoms with E-state index in [1.165, 1.54) is 7.11 Å². The molecule has 0 radical (unpaired) electrons. The lowest BCUT2D eigenvalue weighted by atomic mass is 9.78. The van der Waals surface area contributed by atoms with Gasteiger partial charge in [-0.3, -0.25) is 4.79 Å². The molecule has 0 spiro atoms. The topological polar surface area (TPSA) is 76.7 Å². The summed E-state index contributed by atoms with van der Waals surface area (Å²) in [6, 6.07) is -0.615. The summed E-state index contributed by atoms with van der Waals surface area (Å²) in [4.78, 5) is 24.4. The highest BCUT2D eigenvalue weighted by Gasteiger charge is 2.41. The van der Waals surface area contributed by atoms with Crippen molar-refractivity contribution >= 4 is 11.9 Å². The fourth-order valence-electron chi connectivity index (χ4n) is 2.54. The fourth-order valence-corrected chi connectivity index (χ4v) is 2.54. The SMILES string of the molecule is COCC1(C(=O)NC(C(=O)OC)C(C)C)CCNCC1. The molecule has 0 bridgehead atoms. The number of esters is 1. The lowest BCUT2D eigenvalue weighted by molar-refractivity contribution is -0.149. The molecule has 0 aliphatic carbocycles. The van der Waals surface area contributed by atoms with Gasteiger partial charge in [0.05, 0.1) is 19.1 Å². The van der Waals surface area contributed by atoms with E-state index >= 15 is 0 Å². The zero-order chi connectivity index (χ0) is 15.2. The average Bonchev–Trinajstić information content (AvgIpc) is 2.44. The molecule has 0 aromatic heterocycles. The second-order valence-electron chi connectivity index (χ2n) is 5.68. The summed E-state index contributed by atoms with van der Waals surface area (Å²) in [7, 11) is 2.93. The molecule has 1 aliphatic rings. The first kappa shape index (κ1) is 16.9. The van der Waals surface area contributed by atoms with Crippen molar-refractivity contribution in [3.05, 3.63) is 0 Å². The molecule has 1 heterocycles. The quantitative estimate of drug-likeness (QED) is 0.688. The van der Waals surface area contributed by atoms with Gasteiger partial charge >= 0.3 is 5.97 Å². The smallest absolute Gasteiger partial charge is 0.328 e. The summed E-state index contributed by atoms with van der Waals surface area (Å²) in [6.45, 7) is 5.69. The second kappa shape index (κ2) is 7.59. The van der Waals surface area contributed by atoms with E-state index in [9.17, 15) is 9.59 Å². The van der Waals surface area contributed by atoms with E-state index in [0.29, 0.717) is 19.4 Å². The minimum absolute atomic E-state index is 0.0206. The number of carbonyl (C=O) groups is 2. The Morgan fingerprint density at radius 3 is 2.30 bits per heavy atom. The molecule has 1 amide bonds. The average molecular weight is 286 g/mol. The first-order chi connectivity index (χ1) is 9.46. The Hall–Kier alpha value is -1.14. The van der Waals surface area contributed by atoms with E-state index in [0.717, 1.165) is 13.1 Å². The molecule has 1 atom stereocenters. The summed E-state index contributed by atoms with van der Waals surface area (Å²) in [5.41, 5.74) is -0.554. The Morgan fingerprint density at radius 1 is 1.25 bits per heavy atom. The maximum atomic E-state index is 12.6. The van der Waals surface area contributed by atoms with E-state index in [2.05, 4.69) is 10.6 Å². The fraction of sp³-hybridized carbons (Fsp3) is 0.857. The molecule has 1 rings (SSSR count). The standard InChI is InChI=1S/C14H26N2O4/c1-10(2)11(12(17)20-4)16-13(18)14(9-19-3)5-7-15-8-6-14/h10-11,15H,5-9H2,1-4H3,(H,16,18). The maximum absolute atomic E-state index is 12.6. The molecule has 0 saturated carbocycles. The molecule has 0 aromatic rings. The maximum Gasteiger partial charge on any atom is 0.328 e. The van der Waals surface area contributed by atoms with Gasteiger partial charge in [-0.05, 0) is 31.8 Å². The van der Waals surface area contributed by atoms with Crippen LogP contribution >= 0.6 is 0 Å². The number of hydrogen-bond acceptors (Lipinski definition) is 5. The van der Waals surface area contributed by atoms with Gasteiger partial charge in [0.1, 0.15) is 6.04 Å². The molecule has 1 fully saturated rings. The van der Waals surface area contributed by atoms with Crippen molar-refractivity contribution in [3.8, 4) is 0 Å². The van der Waals surface area contributed by atoms with Crippen LogP contribution in [0.2, 0.25) is 0 Å². The van der Waals surface area contributed by atoms with Crippen LogP contribution in [0.15, 0.2) is 0 Å². The molecule has 1 saturated heterocycles. The van der Waals surface area contributed by atoms with Crippen molar-refractivity contribution < 1.29 is 19.1 Å². The van der Waals surface area contributed by atoms with Crippen molar-refractivity contribution in [3.63, 3.8) is 0 Å². The van der Waals surface area contributed by atoms with Crippen LogP contribution in [-0.2, 0) is 19.1 Å². The molecular weight excluding hydrogens is 260 g/mol. The van der Waals surface area contributed by atoms with Crippen molar-refractivity contribution in [1.29, 1.82) is 0 Å². The Bertz CT molecular complexity index is 333. The number of ether oxygens (including phenoxy) is 2. The van der Waals surface area contributed by atoms with Crippen molar-refractivity contribution in [1.82, 2.24) is 10.6 Å². The molecule has 6 nitrogen and oxygen atoms in total. The summed E-state index contributed by atoms with van der Waals surface area (Å²) >= 11 is 0. The Kier molecular flexibility index (Phi) is 6.42. The minimum Gasteiger partial charge on any atom is -0.467 e. The zero-order valence-electron chi connectivity index (χ0n) is 12.8. The van der Waals surface area contributed by atoms with Gasteiger partial charge < -0.3 is 20.1 Å². The van der Waals surface area contributed by atoms with Crippen molar-refractivity contribution in [2.45, 2.75) is 32.7 Å². The minimum atomic E-state index is -0.615. The second-order valence-corrected chi connectivity index (χ2v) is 5.68. The van der Waals surface area contributed by atoms with Crippen LogP contribution in [0, 0.1) is 11.3 Å². The predicted molar refractivity (Wildman–Crippen MR) is 75.2 cm³/mol. The molecule has 116 valence electrons. The van der Waals surface area contributed by atoms with Crippen LogP contribution in [0.3, 0.4) is 0 Å². The first-order valence-electron chi connectivity index (χ1n) is 7.05. The number of piperidine rings is 1. The van der Waals surface area contributed by atoms with E-state index < -0.39 is 17.4 Å². The van der Waals surface area contributed by atoms with Gasteiger partial charge in [-0.2, -0.15) is 0 Å². The monoisotopic (exact) mass is 286 g/mol. The summed E-state index contributed by atoms with van der Waals surface area (Å²) < 4.78 is 9.99. The summed E-state index contributed by atoms with van der Waals surface area (Å²) in [5, 5.41) is 6.08. The predicted octanol–water partition coefficient (Wildman–Crippen LogP) is 0.316. The third-order valence-electron chi connectivity index (χ3n) is 3.87. The van der Waals surface area contributed by atoms with Crippen LogP contribution in [0.5, 0.6) is 0 Å². The highest BCUT2D eigenvalue weighted by atomic mass is 16.5. The van der Waals surface area contributed by atoms with Crippen LogP contribution < -0.4 is 10.6 Å². The van der Waals surface area contributed by atoms with Gasteiger partial charge in [-0.15, -0.1) is 0 Å². The van der Waals surface area contributed by atoms with Gasteiger partial charge in [-0.1, -0.05) is 13.8 Å². The van der Waals surface area contributed by atoms with E-state index in [1.807, 2.05) is 13.8 Å². The third kappa shape index (κ3) is 3.93. The molecule has 1 aliphatic heterocycles. The lowest BCUT2D eigenvalue weighted by Crippen LogP contribution is -2.55. The molecule has 20 heavy (non-hydrogen) atoms. The Balaban J connectivity index is 2.81. The van der Waals surface area contributed by atoms with Gasteiger partial charge in [0, 0.05) is 7.11 Å². The Labute approximate surface area is 120 Å². The van der Waals surface area contributed by atoms with E-state index in [4.69, 9.17) is 9.47 Å². The largest absolute Gasteiger partial charge is 0.467 e. The third-order valence-corrected chi connectivity index (χ3v) is 3.87. The van der Waals surface area contributed by atoms with Gasteiger partial charge in [-0.25, -0.2) is 4.79 Å². The number of nitrogens with one attached hydrogen (secondary N) is 2. The number of carbonyl (C=O) groups excluding carboxylic acids is 2. The first-order valence-corrected chi connectivity index (χ1v) is 7.05. The van der Waals surface area contributed by atoms with E-state index in [1.54, 1.807) is 7.11 Å². The summed E-state index contributed by atoms with van der Waals surface area (Å²) in [5.74, 6) is -0.549. The summed E-state index contributed by atoms with van der Waals surface area (Å²) in [6.07, 6.45) is 1.41. The molecular formula is C14H26N2O4. The number of hydrogen-bond donors (Lipinski definition) is 2. The van der Waals surface area contributed by atoms with Crippen LogP contribution in [-0.4, -0.2) is 51.8 Å². The number of methoxy groups -OCH3 is 2. The molecule has 1 unspecified atom stereocenters. The van der Waals surface area contributed by atoms with Crippen molar-refractivity contribution in [2.24, 2.45) is 11.3 Å². The van der Waals surface area contributed by atoms with Crippen molar-refractivity contribution in [2.75, 3.05) is 33.9 Å². The van der Waals surface area contributed by atoms with Crippen LogP contribution in [0.1, 0.15) is 26.7 Å². The van der Waals surface area contributed by atoms with Gasteiger partial charge in [0.2, 0.25) is 5.91 Å². The van der Waals surface area contributed by atoms with Gasteiger partial charge in [0.15, 0.2) is 0 Å². The highest BCUT2D eigenvalue weighted by Crippen LogP contribution is 2.29. The van der Waals surface area contributed by atoms with Gasteiger partial charge in [0.25, 0.3) is 0 Å². The zero-order valence-corrected chi connectivity index (χ0v) is 12.8. The molecule has 0 aromatic carbocycles. The lowest BCUT2D eigenvalue weighted by Gasteiger charge is -2.36. The molecule has 6 heteroatoms. The number of rotatable bonds is 6. The van der Waals surface area contributed by atoms with Crippen LogP contribution in [0.25, 0.3) is 0 Å².